The quantitative estimate of drug-likeness (QED) is 0.381. The van der Waals surface area contributed by atoms with Gasteiger partial charge in [0.1, 0.15) is 11.6 Å². The number of rotatable bonds is 6. The van der Waals surface area contributed by atoms with Crippen LogP contribution in [0.3, 0.4) is 0 Å². The predicted molar refractivity (Wildman–Crippen MR) is 116 cm³/mol. The second-order valence-electron chi connectivity index (χ2n) is 6.46. The van der Waals surface area contributed by atoms with E-state index in [0.29, 0.717) is 6.54 Å². The SMILES string of the molecule is CN=C(NCc1ccc(-n2ccnc2C)nc1)NCc1ccc(C)cc1SC. The summed E-state index contributed by atoms with van der Waals surface area (Å²) in [4.78, 5) is 14.4. The van der Waals surface area contributed by atoms with E-state index < -0.39 is 0 Å². The molecule has 2 aromatic heterocycles. The van der Waals surface area contributed by atoms with E-state index >= 15 is 0 Å². The Kier molecular flexibility index (Phi) is 6.71. The zero-order chi connectivity index (χ0) is 19.9. The molecule has 28 heavy (non-hydrogen) atoms. The smallest absolute Gasteiger partial charge is 0.191 e. The monoisotopic (exact) mass is 394 g/mol. The standard InChI is InChI=1S/C21H26N6S/c1-15-5-7-18(19(11-15)28-4)14-26-21(22-3)25-13-17-6-8-20(24-12-17)27-10-9-23-16(27)2/h5-12H,13-14H2,1-4H3,(H2,22,25,26). The highest BCUT2D eigenvalue weighted by molar-refractivity contribution is 7.98. The summed E-state index contributed by atoms with van der Waals surface area (Å²) in [5, 5.41) is 6.73. The Labute approximate surface area is 170 Å². The number of hydrogen-bond donors (Lipinski definition) is 2. The summed E-state index contributed by atoms with van der Waals surface area (Å²) in [7, 11) is 1.78. The van der Waals surface area contributed by atoms with Gasteiger partial charge < -0.3 is 10.6 Å². The van der Waals surface area contributed by atoms with Crippen LogP contribution in [0.1, 0.15) is 22.5 Å². The summed E-state index contributed by atoms with van der Waals surface area (Å²) in [5.74, 6) is 2.55. The van der Waals surface area contributed by atoms with Crippen LogP contribution in [0.25, 0.3) is 5.82 Å². The lowest BCUT2D eigenvalue weighted by Gasteiger charge is -2.14. The van der Waals surface area contributed by atoms with Crippen LogP contribution in [0, 0.1) is 13.8 Å². The highest BCUT2D eigenvalue weighted by Gasteiger charge is 2.05. The number of pyridine rings is 1. The number of imidazole rings is 1. The van der Waals surface area contributed by atoms with Crippen molar-refractivity contribution in [2.24, 2.45) is 4.99 Å². The molecule has 0 aliphatic heterocycles. The molecule has 0 saturated heterocycles. The molecule has 0 aliphatic carbocycles. The summed E-state index contributed by atoms with van der Waals surface area (Å²) in [5.41, 5.74) is 3.63. The molecule has 3 rings (SSSR count). The van der Waals surface area contributed by atoms with Gasteiger partial charge in [0.25, 0.3) is 0 Å². The van der Waals surface area contributed by atoms with Gasteiger partial charge in [-0.2, -0.15) is 0 Å². The van der Waals surface area contributed by atoms with E-state index in [2.05, 4.69) is 63.0 Å². The Hall–Kier alpha value is -2.80. The zero-order valence-electron chi connectivity index (χ0n) is 16.7. The summed E-state index contributed by atoms with van der Waals surface area (Å²) in [6.07, 6.45) is 7.67. The van der Waals surface area contributed by atoms with E-state index in [1.165, 1.54) is 16.0 Å². The highest BCUT2D eigenvalue weighted by Crippen LogP contribution is 2.21. The fraction of sp³-hybridized carbons (Fsp3) is 0.286. The molecule has 3 aromatic rings. The van der Waals surface area contributed by atoms with Gasteiger partial charge in [-0.25, -0.2) is 9.97 Å². The third-order valence-electron chi connectivity index (χ3n) is 4.45. The minimum Gasteiger partial charge on any atom is -0.352 e. The van der Waals surface area contributed by atoms with Crippen molar-refractivity contribution < 1.29 is 0 Å². The first kappa shape index (κ1) is 19.9. The first-order valence-corrected chi connectivity index (χ1v) is 10.4. The van der Waals surface area contributed by atoms with Crippen LogP contribution in [0.4, 0.5) is 0 Å². The van der Waals surface area contributed by atoms with Crippen LogP contribution < -0.4 is 10.6 Å². The normalized spacial score (nSPS) is 11.5. The zero-order valence-corrected chi connectivity index (χ0v) is 17.5. The van der Waals surface area contributed by atoms with Crippen LogP contribution in [0.5, 0.6) is 0 Å². The van der Waals surface area contributed by atoms with Crippen LogP contribution in [0.15, 0.2) is 58.8 Å². The maximum absolute atomic E-state index is 4.53. The lowest BCUT2D eigenvalue weighted by molar-refractivity contribution is 0.797. The summed E-state index contributed by atoms with van der Waals surface area (Å²) in [6.45, 7) is 5.46. The average molecular weight is 395 g/mol. The topological polar surface area (TPSA) is 67.1 Å². The van der Waals surface area contributed by atoms with Crippen molar-refractivity contribution >= 4 is 17.7 Å². The molecule has 1 aromatic carbocycles. The van der Waals surface area contributed by atoms with E-state index in [9.17, 15) is 0 Å². The molecule has 2 heterocycles. The number of guanidine groups is 1. The molecule has 0 radical (unpaired) electrons. The van der Waals surface area contributed by atoms with Crippen molar-refractivity contribution in [1.29, 1.82) is 0 Å². The van der Waals surface area contributed by atoms with Crippen molar-refractivity contribution in [3.05, 3.63) is 71.4 Å². The molecule has 0 bridgehead atoms. The van der Waals surface area contributed by atoms with Gasteiger partial charge in [0.05, 0.1) is 0 Å². The van der Waals surface area contributed by atoms with Gasteiger partial charge >= 0.3 is 0 Å². The second-order valence-corrected chi connectivity index (χ2v) is 7.31. The Bertz CT molecular complexity index is 946. The summed E-state index contributed by atoms with van der Waals surface area (Å²) < 4.78 is 1.96. The maximum atomic E-state index is 4.53. The van der Waals surface area contributed by atoms with Crippen LogP contribution in [0.2, 0.25) is 0 Å². The third-order valence-corrected chi connectivity index (χ3v) is 5.27. The van der Waals surface area contributed by atoms with Gasteiger partial charge in [0.2, 0.25) is 0 Å². The molecule has 0 spiro atoms. The van der Waals surface area contributed by atoms with Gasteiger partial charge in [-0.15, -0.1) is 11.8 Å². The Morgan fingerprint density at radius 2 is 1.93 bits per heavy atom. The molecule has 146 valence electrons. The summed E-state index contributed by atoms with van der Waals surface area (Å²) in [6, 6.07) is 10.6. The molecule has 0 amide bonds. The Morgan fingerprint density at radius 3 is 2.57 bits per heavy atom. The first-order chi connectivity index (χ1) is 13.6. The number of aliphatic imine (C=N–C) groups is 1. The van der Waals surface area contributed by atoms with Gasteiger partial charge in [-0.1, -0.05) is 18.2 Å². The Morgan fingerprint density at radius 1 is 1.11 bits per heavy atom. The molecule has 7 heteroatoms. The van der Waals surface area contributed by atoms with Gasteiger partial charge in [0.15, 0.2) is 5.96 Å². The predicted octanol–water partition coefficient (Wildman–Crippen LogP) is 3.47. The van der Waals surface area contributed by atoms with Crippen LogP contribution in [-0.2, 0) is 13.1 Å². The minimum absolute atomic E-state index is 0.652. The molecular weight excluding hydrogens is 368 g/mol. The molecule has 0 saturated carbocycles. The van der Waals surface area contributed by atoms with E-state index in [0.717, 1.165) is 29.7 Å². The molecule has 6 nitrogen and oxygen atoms in total. The fourth-order valence-electron chi connectivity index (χ4n) is 2.87. The number of nitrogens with zero attached hydrogens (tertiary/aromatic N) is 4. The fourth-order valence-corrected chi connectivity index (χ4v) is 3.57. The number of thioether (sulfide) groups is 1. The van der Waals surface area contributed by atoms with E-state index in [-0.39, 0.29) is 0 Å². The van der Waals surface area contributed by atoms with Crippen molar-refractivity contribution in [1.82, 2.24) is 25.2 Å². The molecule has 0 aliphatic rings. The number of nitrogens with one attached hydrogen (secondary N) is 2. The largest absolute Gasteiger partial charge is 0.352 e. The van der Waals surface area contributed by atoms with E-state index in [1.54, 1.807) is 25.0 Å². The lowest BCUT2D eigenvalue weighted by Crippen LogP contribution is -2.36. The van der Waals surface area contributed by atoms with Crippen molar-refractivity contribution in [3.63, 3.8) is 0 Å². The number of benzene rings is 1. The molecule has 2 N–H and O–H groups in total. The second kappa shape index (κ2) is 9.41. The summed E-state index contributed by atoms with van der Waals surface area (Å²) >= 11 is 1.77. The van der Waals surface area contributed by atoms with E-state index in [1.807, 2.05) is 30.0 Å². The van der Waals surface area contributed by atoms with Crippen LogP contribution >= 0.6 is 11.8 Å². The van der Waals surface area contributed by atoms with Crippen molar-refractivity contribution in [2.45, 2.75) is 31.8 Å². The van der Waals surface area contributed by atoms with Crippen molar-refractivity contribution in [2.75, 3.05) is 13.3 Å². The molecule has 0 fully saturated rings. The molecular formula is C21H26N6S. The number of aryl methyl sites for hydroxylation is 2. The number of hydrogen-bond acceptors (Lipinski definition) is 4. The third kappa shape index (κ3) is 4.92. The average Bonchev–Trinajstić information content (AvgIpc) is 3.15. The van der Waals surface area contributed by atoms with Crippen LogP contribution in [-0.4, -0.2) is 33.8 Å². The van der Waals surface area contributed by atoms with E-state index in [4.69, 9.17) is 0 Å². The van der Waals surface area contributed by atoms with Gasteiger partial charge in [-0.05, 0) is 48.9 Å². The van der Waals surface area contributed by atoms with Gasteiger partial charge in [0, 0.05) is 43.6 Å². The van der Waals surface area contributed by atoms with Crippen molar-refractivity contribution in [3.8, 4) is 5.82 Å². The molecule has 0 unspecified atom stereocenters. The Balaban J connectivity index is 1.56. The minimum atomic E-state index is 0.652. The molecule has 0 atom stereocenters. The lowest BCUT2D eigenvalue weighted by atomic mass is 10.1. The maximum Gasteiger partial charge on any atom is 0.191 e. The highest BCUT2D eigenvalue weighted by atomic mass is 32.2. The number of aromatic nitrogens is 3. The first-order valence-electron chi connectivity index (χ1n) is 9.14. The van der Waals surface area contributed by atoms with Gasteiger partial charge in [-0.3, -0.25) is 9.56 Å².